The number of carbonyl (C=O) groups excluding carboxylic acids is 1. The summed E-state index contributed by atoms with van der Waals surface area (Å²) < 4.78 is 1.33. The standard InChI is InChI=1S/C19H17N3O3/c23-17(21-10-9-13-5-1-2-6-14(13)11-21)12-22-16-8-4-3-7-15(16)18(24)20-19(22)25/h1-8H,9-12H2,(H,20,24,25). The average Bonchev–Trinajstić information content (AvgIpc) is 2.64. The second-order valence-electron chi connectivity index (χ2n) is 6.20. The van der Waals surface area contributed by atoms with Crippen molar-refractivity contribution in [2.24, 2.45) is 0 Å². The van der Waals surface area contributed by atoms with Crippen molar-refractivity contribution >= 4 is 16.8 Å². The molecule has 0 spiro atoms. The van der Waals surface area contributed by atoms with Gasteiger partial charge in [-0.25, -0.2) is 4.79 Å². The first-order chi connectivity index (χ1) is 12.1. The van der Waals surface area contributed by atoms with Crippen LogP contribution in [0.25, 0.3) is 10.9 Å². The van der Waals surface area contributed by atoms with Gasteiger partial charge >= 0.3 is 5.69 Å². The first-order valence-electron chi connectivity index (χ1n) is 8.20. The molecule has 1 amide bonds. The van der Waals surface area contributed by atoms with Gasteiger partial charge in [-0.05, 0) is 29.7 Å². The molecule has 1 aromatic heterocycles. The molecule has 0 atom stereocenters. The number of amides is 1. The number of nitrogens with one attached hydrogen (secondary N) is 1. The van der Waals surface area contributed by atoms with Crippen molar-refractivity contribution in [3.63, 3.8) is 0 Å². The molecule has 0 fully saturated rings. The van der Waals surface area contributed by atoms with E-state index in [0.717, 1.165) is 12.0 Å². The number of rotatable bonds is 2. The van der Waals surface area contributed by atoms with Gasteiger partial charge in [0.05, 0.1) is 10.9 Å². The summed E-state index contributed by atoms with van der Waals surface area (Å²) in [6.45, 7) is 1.09. The van der Waals surface area contributed by atoms with E-state index in [1.165, 1.54) is 10.1 Å². The molecule has 126 valence electrons. The maximum Gasteiger partial charge on any atom is 0.329 e. The highest BCUT2D eigenvalue weighted by Crippen LogP contribution is 2.19. The zero-order valence-corrected chi connectivity index (χ0v) is 13.6. The molecular weight excluding hydrogens is 318 g/mol. The predicted molar refractivity (Wildman–Crippen MR) is 94.4 cm³/mol. The quantitative estimate of drug-likeness (QED) is 0.766. The zero-order chi connectivity index (χ0) is 17.4. The number of aromatic amines is 1. The Bertz CT molecular complexity index is 1080. The van der Waals surface area contributed by atoms with Gasteiger partial charge in [-0.3, -0.25) is 19.1 Å². The molecule has 6 nitrogen and oxygen atoms in total. The van der Waals surface area contributed by atoms with Crippen molar-refractivity contribution in [1.29, 1.82) is 0 Å². The van der Waals surface area contributed by atoms with Gasteiger partial charge in [-0.15, -0.1) is 0 Å². The maximum atomic E-state index is 12.7. The molecule has 6 heteroatoms. The highest BCUT2D eigenvalue weighted by molar-refractivity contribution is 5.81. The van der Waals surface area contributed by atoms with Crippen LogP contribution in [0.1, 0.15) is 11.1 Å². The Morgan fingerprint density at radius 1 is 1.00 bits per heavy atom. The SMILES string of the molecule is O=C(Cn1c(=O)[nH]c(=O)c2ccccc21)N1CCc2ccccc2C1. The molecule has 2 heterocycles. The van der Waals surface area contributed by atoms with Gasteiger partial charge in [0.2, 0.25) is 5.91 Å². The Labute approximate surface area is 143 Å². The number of H-pyrrole nitrogens is 1. The molecule has 4 rings (SSSR count). The van der Waals surface area contributed by atoms with Crippen molar-refractivity contribution in [1.82, 2.24) is 14.5 Å². The summed E-state index contributed by atoms with van der Waals surface area (Å²) in [5.41, 5.74) is 1.88. The molecule has 25 heavy (non-hydrogen) atoms. The lowest BCUT2D eigenvalue weighted by molar-refractivity contribution is -0.132. The lowest BCUT2D eigenvalue weighted by Gasteiger charge is -2.29. The third-order valence-corrected chi connectivity index (χ3v) is 4.68. The van der Waals surface area contributed by atoms with E-state index in [0.29, 0.717) is 24.0 Å². The molecule has 0 saturated heterocycles. The minimum absolute atomic E-state index is 0.0850. The van der Waals surface area contributed by atoms with Crippen molar-refractivity contribution in [3.05, 3.63) is 80.5 Å². The summed E-state index contributed by atoms with van der Waals surface area (Å²) in [5.74, 6) is -0.131. The summed E-state index contributed by atoms with van der Waals surface area (Å²) in [6.07, 6.45) is 0.809. The van der Waals surface area contributed by atoms with E-state index in [9.17, 15) is 14.4 Å². The lowest BCUT2D eigenvalue weighted by Crippen LogP contribution is -2.41. The number of hydrogen-bond acceptors (Lipinski definition) is 3. The van der Waals surface area contributed by atoms with Crippen LogP contribution in [0.4, 0.5) is 0 Å². The fraction of sp³-hybridized carbons (Fsp3) is 0.211. The van der Waals surface area contributed by atoms with E-state index in [4.69, 9.17) is 0 Å². The molecule has 2 aromatic carbocycles. The van der Waals surface area contributed by atoms with Gasteiger partial charge in [0.15, 0.2) is 0 Å². The Balaban J connectivity index is 1.65. The molecule has 1 aliphatic heterocycles. The summed E-state index contributed by atoms with van der Waals surface area (Å²) in [7, 11) is 0. The fourth-order valence-corrected chi connectivity index (χ4v) is 3.34. The van der Waals surface area contributed by atoms with Gasteiger partial charge in [0.25, 0.3) is 5.56 Å². The Hall–Kier alpha value is -3.15. The maximum absolute atomic E-state index is 12.7. The van der Waals surface area contributed by atoms with Crippen molar-refractivity contribution in [3.8, 4) is 0 Å². The number of fused-ring (bicyclic) bond motifs is 2. The molecule has 1 aliphatic rings. The summed E-state index contributed by atoms with van der Waals surface area (Å²) in [6, 6.07) is 14.9. The summed E-state index contributed by atoms with van der Waals surface area (Å²) in [5, 5.41) is 0.402. The van der Waals surface area contributed by atoms with Gasteiger partial charge in [0, 0.05) is 13.1 Å². The van der Waals surface area contributed by atoms with E-state index < -0.39 is 11.2 Å². The van der Waals surface area contributed by atoms with Crippen LogP contribution in [0.3, 0.4) is 0 Å². The number of hydrogen-bond donors (Lipinski definition) is 1. The van der Waals surface area contributed by atoms with Crippen LogP contribution in [0.15, 0.2) is 58.1 Å². The largest absolute Gasteiger partial charge is 0.336 e. The molecule has 0 saturated carbocycles. The van der Waals surface area contributed by atoms with Crippen molar-refractivity contribution in [2.45, 2.75) is 19.5 Å². The molecule has 3 aromatic rings. The Morgan fingerprint density at radius 2 is 1.72 bits per heavy atom. The second-order valence-corrected chi connectivity index (χ2v) is 6.20. The first kappa shape index (κ1) is 15.4. The minimum atomic E-state index is -0.561. The van der Waals surface area contributed by atoms with Gasteiger partial charge in [-0.2, -0.15) is 0 Å². The summed E-state index contributed by atoms with van der Waals surface area (Å²) in [4.78, 5) is 40.9. The minimum Gasteiger partial charge on any atom is -0.336 e. The molecule has 0 unspecified atom stereocenters. The Kier molecular flexibility index (Phi) is 3.72. The van der Waals surface area contributed by atoms with Crippen LogP contribution < -0.4 is 11.2 Å². The third kappa shape index (κ3) is 2.76. The van der Waals surface area contributed by atoms with Crippen LogP contribution in [0.5, 0.6) is 0 Å². The van der Waals surface area contributed by atoms with E-state index in [-0.39, 0.29) is 12.5 Å². The van der Waals surface area contributed by atoms with Gasteiger partial charge < -0.3 is 4.90 Å². The second kappa shape index (κ2) is 6.05. The number of para-hydroxylation sites is 1. The number of aromatic nitrogens is 2. The van der Waals surface area contributed by atoms with Gasteiger partial charge in [0.1, 0.15) is 6.54 Å². The van der Waals surface area contributed by atoms with Crippen LogP contribution in [0.2, 0.25) is 0 Å². The normalized spacial score (nSPS) is 13.7. The van der Waals surface area contributed by atoms with E-state index >= 15 is 0 Å². The topological polar surface area (TPSA) is 75.2 Å². The summed E-state index contributed by atoms with van der Waals surface area (Å²) >= 11 is 0. The van der Waals surface area contributed by atoms with E-state index in [1.54, 1.807) is 29.2 Å². The Morgan fingerprint density at radius 3 is 2.56 bits per heavy atom. The van der Waals surface area contributed by atoms with Crippen LogP contribution in [-0.2, 0) is 24.3 Å². The number of carbonyl (C=O) groups is 1. The monoisotopic (exact) mass is 335 g/mol. The van der Waals surface area contributed by atoms with Crippen molar-refractivity contribution in [2.75, 3.05) is 6.54 Å². The average molecular weight is 335 g/mol. The van der Waals surface area contributed by atoms with Gasteiger partial charge in [-0.1, -0.05) is 36.4 Å². The van der Waals surface area contributed by atoms with Crippen LogP contribution in [0, 0.1) is 0 Å². The lowest BCUT2D eigenvalue weighted by atomic mass is 10.00. The molecule has 0 bridgehead atoms. The molecule has 1 N–H and O–H groups in total. The van der Waals surface area contributed by atoms with Crippen LogP contribution >= 0.6 is 0 Å². The van der Waals surface area contributed by atoms with Crippen molar-refractivity contribution < 1.29 is 4.79 Å². The number of nitrogens with zero attached hydrogens (tertiary/aromatic N) is 2. The third-order valence-electron chi connectivity index (χ3n) is 4.68. The highest BCUT2D eigenvalue weighted by atomic mass is 16.2. The predicted octanol–water partition coefficient (Wildman–Crippen LogP) is 1.27. The number of benzene rings is 2. The van der Waals surface area contributed by atoms with Crippen LogP contribution in [-0.4, -0.2) is 26.9 Å². The fourth-order valence-electron chi connectivity index (χ4n) is 3.34. The molecular formula is C19H17N3O3. The van der Waals surface area contributed by atoms with E-state index in [1.807, 2.05) is 18.2 Å². The molecule has 0 aliphatic carbocycles. The molecule has 0 radical (unpaired) electrons. The highest BCUT2D eigenvalue weighted by Gasteiger charge is 2.21. The van der Waals surface area contributed by atoms with E-state index in [2.05, 4.69) is 11.1 Å². The smallest absolute Gasteiger partial charge is 0.329 e. The zero-order valence-electron chi connectivity index (χ0n) is 13.6. The first-order valence-corrected chi connectivity index (χ1v) is 8.20.